The van der Waals surface area contributed by atoms with Gasteiger partial charge in [-0.25, -0.2) is 4.98 Å². The van der Waals surface area contributed by atoms with Crippen molar-refractivity contribution in [1.29, 1.82) is 0 Å². The fourth-order valence-corrected chi connectivity index (χ4v) is 1.97. The van der Waals surface area contributed by atoms with Crippen molar-refractivity contribution in [3.8, 4) is 0 Å². The first-order valence-corrected chi connectivity index (χ1v) is 6.14. The van der Waals surface area contributed by atoms with E-state index >= 15 is 0 Å². The summed E-state index contributed by atoms with van der Waals surface area (Å²) in [5.74, 6) is -0.177. The van der Waals surface area contributed by atoms with Crippen LogP contribution in [-0.2, 0) is 9.59 Å². The molecular formula is C12H14ClN3O2. The van der Waals surface area contributed by atoms with Gasteiger partial charge in [0.1, 0.15) is 5.15 Å². The molecule has 0 unspecified atom stereocenters. The van der Waals surface area contributed by atoms with Crippen LogP contribution >= 0.6 is 11.6 Å². The molecule has 6 heteroatoms. The average molecular weight is 268 g/mol. The standard InChI is InChI=1S/C12H14ClN3O2/c1-8-5-9(6-14-12(8)13)15-10(17)7-16-4-2-3-11(16)18/h5-6H,2-4,7H2,1H3,(H,15,17). The maximum absolute atomic E-state index is 11.7. The van der Waals surface area contributed by atoms with E-state index in [1.807, 2.05) is 6.92 Å². The van der Waals surface area contributed by atoms with Gasteiger partial charge in [-0.1, -0.05) is 11.6 Å². The van der Waals surface area contributed by atoms with Gasteiger partial charge in [0.05, 0.1) is 18.4 Å². The van der Waals surface area contributed by atoms with E-state index in [0.29, 0.717) is 23.8 Å². The molecule has 0 aromatic carbocycles. The van der Waals surface area contributed by atoms with E-state index in [2.05, 4.69) is 10.3 Å². The zero-order valence-corrected chi connectivity index (χ0v) is 10.8. The highest BCUT2D eigenvalue weighted by Gasteiger charge is 2.22. The Hall–Kier alpha value is -1.62. The molecule has 2 heterocycles. The molecule has 2 rings (SSSR count). The summed E-state index contributed by atoms with van der Waals surface area (Å²) in [5.41, 5.74) is 1.39. The number of hydrogen-bond acceptors (Lipinski definition) is 3. The van der Waals surface area contributed by atoms with Crippen LogP contribution in [0.15, 0.2) is 12.3 Å². The van der Waals surface area contributed by atoms with Crippen LogP contribution in [0.3, 0.4) is 0 Å². The quantitative estimate of drug-likeness (QED) is 0.847. The third-order valence-corrected chi connectivity index (χ3v) is 3.20. The van der Waals surface area contributed by atoms with Crippen molar-refractivity contribution in [2.75, 3.05) is 18.4 Å². The van der Waals surface area contributed by atoms with Gasteiger partial charge in [0.25, 0.3) is 0 Å². The van der Waals surface area contributed by atoms with E-state index < -0.39 is 0 Å². The number of aromatic nitrogens is 1. The molecule has 1 N–H and O–H groups in total. The van der Waals surface area contributed by atoms with Crippen LogP contribution < -0.4 is 5.32 Å². The number of nitrogens with zero attached hydrogens (tertiary/aromatic N) is 2. The van der Waals surface area contributed by atoms with Crippen LogP contribution in [0.4, 0.5) is 5.69 Å². The van der Waals surface area contributed by atoms with Crippen LogP contribution in [0.5, 0.6) is 0 Å². The minimum atomic E-state index is -0.214. The zero-order chi connectivity index (χ0) is 13.1. The average Bonchev–Trinajstić information content (AvgIpc) is 2.70. The first-order valence-electron chi connectivity index (χ1n) is 5.76. The molecular weight excluding hydrogens is 254 g/mol. The summed E-state index contributed by atoms with van der Waals surface area (Å²) in [6, 6.07) is 1.75. The van der Waals surface area contributed by atoms with Gasteiger partial charge in [0.2, 0.25) is 11.8 Å². The Kier molecular flexibility index (Phi) is 3.81. The van der Waals surface area contributed by atoms with Crippen LogP contribution in [0, 0.1) is 6.92 Å². The van der Waals surface area contributed by atoms with Crippen molar-refractivity contribution in [2.24, 2.45) is 0 Å². The van der Waals surface area contributed by atoms with Crippen LogP contribution in [0.1, 0.15) is 18.4 Å². The lowest BCUT2D eigenvalue weighted by Gasteiger charge is -2.15. The first-order chi connectivity index (χ1) is 8.56. The molecule has 18 heavy (non-hydrogen) atoms. The Balaban J connectivity index is 1.94. The smallest absolute Gasteiger partial charge is 0.244 e. The van der Waals surface area contributed by atoms with E-state index in [1.165, 1.54) is 6.20 Å². The summed E-state index contributed by atoms with van der Waals surface area (Å²) in [6.45, 7) is 2.57. The van der Waals surface area contributed by atoms with Crippen molar-refractivity contribution in [1.82, 2.24) is 9.88 Å². The second kappa shape index (κ2) is 5.35. The molecule has 1 aromatic heterocycles. The molecule has 0 atom stereocenters. The molecule has 1 aromatic rings. The van der Waals surface area contributed by atoms with Gasteiger partial charge in [0, 0.05) is 13.0 Å². The molecule has 0 saturated carbocycles. The number of carbonyl (C=O) groups is 2. The van der Waals surface area contributed by atoms with Crippen molar-refractivity contribution in [2.45, 2.75) is 19.8 Å². The lowest BCUT2D eigenvalue weighted by atomic mass is 10.3. The fraction of sp³-hybridized carbons (Fsp3) is 0.417. The topological polar surface area (TPSA) is 62.3 Å². The molecule has 1 saturated heterocycles. The van der Waals surface area contributed by atoms with E-state index in [4.69, 9.17) is 11.6 Å². The van der Waals surface area contributed by atoms with Crippen molar-refractivity contribution >= 4 is 29.1 Å². The molecule has 1 fully saturated rings. The van der Waals surface area contributed by atoms with E-state index in [0.717, 1.165) is 12.0 Å². The highest BCUT2D eigenvalue weighted by Crippen LogP contribution is 2.16. The normalized spacial score (nSPS) is 15.0. The summed E-state index contributed by atoms with van der Waals surface area (Å²) >= 11 is 5.80. The molecule has 1 aliphatic heterocycles. The number of anilines is 1. The van der Waals surface area contributed by atoms with Gasteiger partial charge in [-0.2, -0.15) is 0 Å². The SMILES string of the molecule is Cc1cc(NC(=O)CN2CCCC2=O)cnc1Cl. The Bertz CT molecular complexity index is 490. The molecule has 1 aliphatic rings. The first kappa shape index (κ1) is 12.8. The summed E-state index contributed by atoms with van der Waals surface area (Å²) in [5, 5.41) is 3.12. The monoisotopic (exact) mass is 267 g/mol. The highest BCUT2D eigenvalue weighted by molar-refractivity contribution is 6.30. The number of aryl methyl sites for hydroxylation is 1. The van der Waals surface area contributed by atoms with E-state index in [-0.39, 0.29) is 18.4 Å². The largest absolute Gasteiger partial charge is 0.333 e. The predicted octanol–water partition coefficient (Wildman–Crippen LogP) is 1.60. The number of likely N-dealkylation sites (tertiary alicyclic amines) is 1. The van der Waals surface area contributed by atoms with Crippen LogP contribution in [-0.4, -0.2) is 34.8 Å². The van der Waals surface area contributed by atoms with Gasteiger partial charge in [-0.15, -0.1) is 0 Å². The number of hydrogen-bond donors (Lipinski definition) is 1. The van der Waals surface area contributed by atoms with Gasteiger partial charge in [-0.3, -0.25) is 9.59 Å². The highest BCUT2D eigenvalue weighted by atomic mass is 35.5. The van der Waals surface area contributed by atoms with Crippen molar-refractivity contribution in [3.63, 3.8) is 0 Å². The molecule has 2 amide bonds. The van der Waals surface area contributed by atoms with E-state index in [1.54, 1.807) is 11.0 Å². The second-order valence-electron chi connectivity index (χ2n) is 4.30. The summed E-state index contributed by atoms with van der Waals surface area (Å²) in [4.78, 5) is 28.6. The van der Waals surface area contributed by atoms with Crippen molar-refractivity contribution < 1.29 is 9.59 Å². The third-order valence-electron chi connectivity index (χ3n) is 2.80. The number of nitrogens with one attached hydrogen (secondary N) is 1. The van der Waals surface area contributed by atoms with Gasteiger partial charge in [0.15, 0.2) is 0 Å². The summed E-state index contributed by atoms with van der Waals surface area (Å²) in [7, 11) is 0. The molecule has 96 valence electrons. The zero-order valence-electron chi connectivity index (χ0n) is 10.1. The molecule has 0 spiro atoms. The lowest BCUT2D eigenvalue weighted by molar-refractivity contribution is -0.131. The maximum atomic E-state index is 11.7. The Morgan fingerprint density at radius 2 is 2.39 bits per heavy atom. The maximum Gasteiger partial charge on any atom is 0.244 e. The molecule has 0 radical (unpaired) electrons. The van der Waals surface area contributed by atoms with Crippen molar-refractivity contribution in [3.05, 3.63) is 23.0 Å². The minimum absolute atomic E-state index is 0.0376. The number of pyridine rings is 1. The van der Waals surface area contributed by atoms with Gasteiger partial charge in [-0.05, 0) is 25.0 Å². The van der Waals surface area contributed by atoms with Crippen LogP contribution in [0.2, 0.25) is 5.15 Å². The predicted molar refractivity (Wildman–Crippen MR) is 68.4 cm³/mol. The number of amides is 2. The summed E-state index contributed by atoms with van der Waals surface area (Å²) in [6.07, 6.45) is 2.86. The minimum Gasteiger partial charge on any atom is -0.333 e. The fourth-order valence-electron chi connectivity index (χ4n) is 1.87. The third kappa shape index (κ3) is 2.98. The Morgan fingerprint density at radius 1 is 1.61 bits per heavy atom. The Morgan fingerprint density at radius 3 is 3.00 bits per heavy atom. The van der Waals surface area contributed by atoms with Gasteiger partial charge >= 0.3 is 0 Å². The molecule has 5 nitrogen and oxygen atoms in total. The lowest BCUT2D eigenvalue weighted by Crippen LogP contribution is -2.33. The number of carbonyl (C=O) groups excluding carboxylic acids is 2. The number of rotatable bonds is 3. The molecule has 0 bridgehead atoms. The van der Waals surface area contributed by atoms with E-state index in [9.17, 15) is 9.59 Å². The second-order valence-corrected chi connectivity index (χ2v) is 4.66. The summed E-state index contributed by atoms with van der Waals surface area (Å²) < 4.78 is 0. The number of halogens is 1. The van der Waals surface area contributed by atoms with Gasteiger partial charge < -0.3 is 10.2 Å². The van der Waals surface area contributed by atoms with Crippen LogP contribution in [0.25, 0.3) is 0 Å². The Labute approximate surface area is 110 Å². The molecule has 0 aliphatic carbocycles.